The molecule has 0 saturated heterocycles. The summed E-state index contributed by atoms with van der Waals surface area (Å²) in [4.78, 5) is 12.9. The molecule has 0 aliphatic rings. The molecule has 0 aliphatic carbocycles. The van der Waals surface area contributed by atoms with Crippen molar-refractivity contribution in [3.8, 4) is 0 Å². The van der Waals surface area contributed by atoms with Gasteiger partial charge in [0.25, 0.3) is 0 Å². The molecule has 162 valence electrons. The Bertz CT molecular complexity index is 1160. The molecule has 0 bridgehead atoms. The van der Waals surface area contributed by atoms with Crippen LogP contribution in [-0.4, -0.2) is 31.7 Å². The van der Waals surface area contributed by atoms with Gasteiger partial charge in [-0.3, -0.25) is 4.79 Å². The number of rotatable bonds is 8. The Morgan fingerprint density at radius 1 is 0.968 bits per heavy atom. The molecule has 7 heteroatoms. The molecule has 5 nitrogen and oxygen atoms in total. The SMILES string of the molecule is Cc1ccc(C)c(S(=O)(=O)N(CCc2ccccc2)CC(=O)Nc2cccc(Cl)c2)c1. The number of anilines is 1. The van der Waals surface area contributed by atoms with Crippen LogP contribution in [0, 0.1) is 13.8 Å². The number of carbonyl (C=O) groups is 1. The third-order valence-electron chi connectivity index (χ3n) is 4.88. The number of hydrogen-bond acceptors (Lipinski definition) is 3. The molecule has 0 spiro atoms. The number of hydrogen-bond donors (Lipinski definition) is 1. The number of sulfonamides is 1. The van der Waals surface area contributed by atoms with Gasteiger partial charge in [-0.2, -0.15) is 4.31 Å². The van der Waals surface area contributed by atoms with Crippen molar-refractivity contribution in [1.29, 1.82) is 0 Å². The molecular weight excluding hydrogens is 432 g/mol. The largest absolute Gasteiger partial charge is 0.325 e. The van der Waals surface area contributed by atoms with Crippen LogP contribution in [0.3, 0.4) is 0 Å². The quantitative estimate of drug-likeness (QED) is 0.528. The lowest BCUT2D eigenvalue weighted by molar-refractivity contribution is -0.116. The summed E-state index contributed by atoms with van der Waals surface area (Å²) in [6.45, 7) is 3.49. The second-order valence-electron chi connectivity index (χ2n) is 7.40. The molecule has 0 atom stereocenters. The van der Waals surface area contributed by atoms with Gasteiger partial charge >= 0.3 is 0 Å². The van der Waals surface area contributed by atoms with Gasteiger partial charge in [-0.25, -0.2) is 8.42 Å². The van der Waals surface area contributed by atoms with E-state index in [0.29, 0.717) is 22.7 Å². The molecule has 3 aromatic rings. The molecule has 0 radical (unpaired) electrons. The summed E-state index contributed by atoms with van der Waals surface area (Å²) >= 11 is 5.98. The average Bonchev–Trinajstić information content (AvgIpc) is 2.73. The zero-order valence-electron chi connectivity index (χ0n) is 17.5. The monoisotopic (exact) mass is 456 g/mol. The van der Waals surface area contributed by atoms with E-state index in [1.807, 2.05) is 43.3 Å². The van der Waals surface area contributed by atoms with Crippen LogP contribution in [0.1, 0.15) is 16.7 Å². The Labute approximate surface area is 188 Å². The molecule has 0 aromatic heterocycles. The highest BCUT2D eigenvalue weighted by Gasteiger charge is 2.28. The van der Waals surface area contributed by atoms with Crippen molar-refractivity contribution in [1.82, 2.24) is 4.31 Å². The van der Waals surface area contributed by atoms with E-state index in [0.717, 1.165) is 11.1 Å². The van der Waals surface area contributed by atoms with E-state index in [1.54, 1.807) is 43.3 Å². The predicted octanol–water partition coefficient (Wildman–Crippen LogP) is 4.83. The van der Waals surface area contributed by atoms with Crippen LogP contribution < -0.4 is 5.32 Å². The molecule has 0 saturated carbocycles. The van der Waals surface area contributed by atoms with Crippen molar-refractivity contribution in [2.24, 2.45) is 0 Å². The second-order valence-corrected chi connectivity index (χ2v) is 9.74. The summed E-state index contributed by atoms with van der Waals surface area (Å²) in [6.07, 6.45) is 0.495. The number of halogens is 1. The van der Waals surface area contributed by atoms with Crippen molar-refractivity contribution in [3.05, 3.63) is 94.5 Å². The molecule has 1 N–H and O–H groups in total. The van der Waals surface area contributed by atoms with Crippen molar-refractivity contribution in [3.63, 3.8) is 0 Å². The minimum absolute atomic E-state index is 0.183. The smallest absolute Gasteiger partial charge is 0.243 e. The van der Waals surface area contributed by atoms with Gasteiger partial charge in [0.15, 0.2) is 0 Å². The van der Waals surface area contributed by atoms with Gasteiger partial charge in [-0.15, -0.1) is 0 Å². The molecule has 0 fully saturated rings. The number of nitrogens with one attached hydrogen (secondary N) is 1. The van der Waals surface area contributed by atoms with Gasteiger partial charge in [0.2, 0.25) is 15.9 Å². The number of aryl methyl sites for hydroxylation is 2. The fourth-order valence-electron chi connectivity index (χ4n) is 3.23. The molecule has 0 unspecified atom stereocenters. The maximum atomic E-state index is 13.5. The van der Waals surface area contributed by atoms with Gasteiger partial charge < -0.3 is 5.32 Å². The minimum Gasteiger partial charge on any atom is -0.325 e. The predicted molar refractivity (Wildman–Crippen MR) is 125 cm³/mol. The molecule has 3 rings (SSSR count). The van der Waals surface area contributed by atoms with Crippen molar-refractivity contribution in [2.45, 2.75) is 25.2 Å². The van der Waals surface area contributed by atoms with Crippen LogP contribution >= 0.6 is 11.6 Å². The van der Waals surface area contributed by atoms with E-state index in [1.165, 1.54) is 4.31 Å². The lowest BCUT2D eigenvalue weighted by Gasteiger charge is -2.23. The normalized spacial score (nSPS) is 11.5. The average molecular weight is 457 g/mol. The zero-order valence-corrected chi connectivity index (χ0v) is 19.1. The van der Waals surface area contributed by atoms with Crippen molar-refractivity contribution >= 4 is 33.2 Å². The highest BCUT2D eigenvalue weighted by atomic mass is 35.5. The van der Waals surface area contributed by atoms with Gasteiger partial charge in [0, 0.05) is 17.3 Å². The second kappa shape index (κ2) is 10.1. The van der Waals surface area contributed by atoms with Crippen LogP contribution in [0.25, 0.3) is 0 Å². The molecule has 3 aromatic carbocycles. The van der Waals surface area contributed by atoms with E-state index < -0.39 is 15.9 Å². The summed E-state index contributed by atoms with van der Waals surface area (Å²) in [5, 5.41) is 3.22. The van der Waals surface area contributed by atoms with Crippen LogP contribution in [0.4, 0.5) is 5.69 Å². The first-order chi connectivity index (χ1) is 14.8. The summed E-state index contributed by atoms with van der Waals surface area (Å²) in [7, 11) is -3.87. The van der Waals surface area contributed by atoms with Gasteiger partial charge in [0.05, 0.1) is 11.4 Å². The minimum atomic E-state index is -3.87. The van der Waals surface area contributed by atoms with Crippen molar-refractivity contribution < 1.29 is 13.2 Å². The molecular formula is C24H25ClN2O3S. The van der Waals surface area contributed by atoms with Crippen LogP contribution in [0.2, 0.25) is 5.02 Å². The molecule has 31 heavy (non-hydrogen) atoms. The topological polar surface area (TPSA) is 66.5 Å². The third kappa shape index (κ3) is 6.17. The Kier molecular flexibility index (Phi) is 7.49. The third-order valence-corrected chi connectivity index (χ3v) is 7.10. The summed E-state index contributed by atoms with van der Waals surface area (Å²) in [5.74, 6) is -0.427. The standard InChI is InChI=1S/C24H25ClN2O3S/c1-18-11-12-19(2)23(15-18)31(29,30)27(14-13-20-7-4-3-5-8-20)17-24(28)26-22-10-6-9-21(25)16-22/h3-12,15-16H,13-14,17H2,1-2H3,(H,26,28). The Hall–Kier alpha value is -2.67. The van der Waals surface area contributed by atoms with E-state index in [4.69, 9.17) is 11.6 Å². The first kappa shape index (κ1) is 23.0. The summed E-state index contributed by atoms with van der Waals surface area (Å²) in [5.41, 5.74) is 3.00. The van der Waals surface area contributed by atoms with E-state index in [2.05, 4.69) is 5.32 Å². The first-order valence-electron chi connectivity index (χ1n) is 9.92. The Balaban J connectivity index is 1.86. The number of benzene rings is 3. The molecule has 1 amide bonds. The van der Waals surface area contributed by atoms with Gasteiger partial charge in [-0.05, 0) is 61.2 Å². The fourth-order valence-corrected chi connectivity index (χ4v) is 5.13. The number of carbonyl (C=O) groups excluding carboxylic acids is 1. The lowest BCUT2D eigenvalue weighted by atomic mass is 10.1. The highest BCUT2D eigenvalue weighted by molar-refractivity contribution is 7.89. The fraction of sp³-hybridized carbons (Fsp3) is 0.208. The molecule has 0 heterocycles. The molecule has 0 aliphatic heterocycles. The van der Waals surface area contributed by atoms with Gasteiger partial charge in [-0.1, -0.05) is 60.1 Å². The summed E-state index contributed by atoms with van der Waals surface area (Å²) in [6, 6.07) is 21.6. The first-order valence-corrected chi connectivity index (χ1v) is 11.7. The van der Waals surface area contributed by atoms with Crippen molar-refractivity contribution in [2.75, 3.05) is 18.4 Å². The number of amides is 1. The van der Waals surface area contributed by atoms with E-state index in [-0.39, 0.29) is 18.0 Å². The lowest BCUT2D eigenvalue weighted by Crippen LogP contribution is -2.39. The van der Waals surface area contributed by atoms with E-state index in [9.17, 15) is 13.2 Å². The van der Waals surface area contributed by atoms with Crippen LogP contribution in [-0.2, 0) is 21.2 Å². The zero-order chi connectivity index (χ0) is 22.4. The Morgan fingerprint density at radius 3 is 2.42 bits per heavy atom. The maximum Gasteiger partial charge on any atom is 0.243 e. The maximum absolute atomic E-state index is 13.5. The van der Waals surface area contributed by atoms with Crippen LogP contribution in [0.15, 0.2) is 77.7 Å². The Morgan fingerprint density at radius 2 is 1.71 bits per heavy atom. The number of nitrogens with zero attached hydrogens (tertiary/aromatic N) is 1. The summed E-state index contributed by atoms with van der Waals surface area (Å²) < 4.78 is 28.2. The van der Waals surface area contributed by atoms with E-state index >= 15 is 0 Å². The highest BCUT2D eigenvalue weighted by Crippen LogP contribution is 2.22. The van der Waals surface area contributed by atoms with Gasteiger partial charge in [0.1, 0.15) is 0 Å². The van der Waals surface area contributed by atoms with Crippen LogP contribution in [0.5, 0.6) is 0 Å².